The number of ether oxygens (including phenoxy) is 1. The zero-order valence-corrected chi connectivity index (χ0v) is 43.4. The smallest absolute Gasteiger partial charge is 0.330 e. The first-order valence-electron chi connectivity index (χ1n) is 22.5. The number of rotatable bonds is 22. The number of anilines is 2. The van der Waals surface area contributed by atoms with Crippen LogP contribution < -0.4 is 31.9 Å². The Balaban J connectivity index is 0.000000271. The highest BCUT2D eigenvalue weighted by atomic mass is 35.5. The summed E-state index contributed by atoms with van der Waals surface area (Å²) in [6.45, 7) is 7.28. The van der Waals surface area contributed by atoms with Crippen molar-refractivity contribution in [3.63, 3.8) is 0 Å². The number of nitrogens with zero attached hydrogens (tertiary/aromatic N) is 4. The second kappa shape index (κ2) is 27.4. The van der Waals surface area contributed by atoms with Crippen molar-refractivity contribution in [2.45, 2.75) is 65.5 Å². The van der Waals surface area contributed by atoms with Crippen molar-refractivity contribution in [1.29, 1.82) is 0 Å². The summed E-state index contributed by atoms with van der Waals surface area (Å²) < 4.78 is 4.79. The number of carboxylic acids is 1. The van der Waals surface area contributed by atoms with Gasteiger partial charge in [-0.2, -0.15) is 0 Å². The van der Waals surface area contributed by atoms with Crippen LogP contribution in [0.5, 0.6) is 11.5 Å². The van der Waals surface area contributed by atoms with Crippen molar-refractivity contribution in [3.05, 3.63) is 136 Å². The number of benzene rings is 2. The normalized spacial score (nSPS) is 11.5. The summed E-state index contributed by atoms with van der Waals surface area (Å²) in [5, 5.41) is 48.9. The van der Waals surface area contributed by atoms with Gasteiger partial charge in [-0.25, -0.2) is 29.5 Å². The molecule has 6 rings (SSSR count). The summed E-state index contributed by atoms with van der Waals surface area (Å²) in [4.78, 5) is 92.4. The number of carbonyl (C=O) groups is 6. The van der Waals surface area contributed by atoms with Gasteiger partial charge in [0.15, 0.2) is 0 Å². The number of phenols is 2. The molecule has 20 nitrogen and oxygen atoms in total. The van der Waals surface area contributed by atoms with E-state index >= 15 is 0 Å². The monoisotopic (exact) mass is 1080 g/mol. The Morgan fingerprint density at radius 3 is 1.36 bits per heavy atom. The van der Waals surface area contributed by atoms with Gasteiger partial charge < -0.3 is 52.0 Å². The van der Waals surface area contributed by atoms with Crippen LogP contribution in [0, 0.1) is 27.7 Å². The van der Waals surface area contributed by atoms with Gasteiger partial charge in [-0.05, 0) is 112 Å². The summed E-state index contributed by atoms with van der Waals surface area (Å²) in [6.07, 6.45) is 3.09. The SMILES string of the molecule is COC(=O)[C@H](CNC(=O)c1sccc1Cl)NC(=O)c1c(C)nc(NCCCc2cccc(O)c2)nc1C.Cc1nc(NCCCc2cccc(O)c2)nc(C)c1C(=O)N[C@@H](CNC(=O)c1sccc1Cl)C(=O)O. The number of aliphatic carboxylic acids is 1. The molecule has 0 saturated carbocycles. The van der Waals surface area contributed by atoms with Gasteiger partial charge in [-0.15, -0.1) is 22.7 Å². The second-order valence-electron chi connectivity index (χ2n) is 16.1. The Hall–Kier alpha value is -7.40. The highest BCUT2D eigenvalue weighted by Gasteiger charge is 2.28. The van der Waals surface area contributed by atoms with Crippen molar-refractivity contribution < 1.29 is 48.8 Å². The largest absolute Gasteiger partial charge is 0.508 e. The van der Waals surface area contributed by atoms with E-state index in [2.05, 4.69) is 51.8 Å². The van der Waals surface area contributed by atoms with E-state index in [0.29, 0.717) is 57.7 Å². The first-order valence-corrected chi connectivity index (χ1v) is 25.0. The molecule has 2 aromatic carbocycles. The molecule has 9 N–H and O–H groups in total. The molecule has 0 bridgehead atoms. The Morgan fingerprint density at radius 1 is 0.603 bits per heavy atom. The predicted molar refractivity (Wildman–Crippen MR) is 278 cm³/mol. The van der Waals surface area contributed by atoms with Crippen LogP contribution in [0.4, 0.5) is 11.9 Å². The first-order chi connectivity index (χ1) is 34.8. The molecule has 6 aromatic rings. The molecule has 4 aromatic heterocycles. The van der Waals surface area contributed by atoms with Gasteiger partial charge in [-0.3, -0.25) is 19.2 Å². The van der Waals surface area contributed by atoms with Crippen LogP contribution in [0.15, 0.2) is 71.4 Å². The third kappa shape index (κ3) is 16.8. The van der Waals surface area contributed by atoms with Crippen LogP contribution in [0.25, 0.3) is 0 Å². The number of aromatic hydroxyl groups is 2. The fourth-order valence-corrected chi connectivity index (χ4v) is 9.23. The summed E-state index contributed by atoms with van der Waals surface area (Å²) in [5.74, 6) is -3.03. The van der Waals surface area contributed by atoms with E-state index in [0.717, 1.165) is 48.1 Å². The number of halogens is 2. The number of esters is 1. The number of phenolic OH excluding ortho intramolecular Hbond substituents is 2. The zero-order chi connectivity index (χ0) is 53.2. The highest BCUT2D eigenvalue weighted by molar-refractivity contribution is 7.13. The van der Waals surface area contributed by atoms with E-state index in [1.54, 1.807) is 87.0 Å². The minimum atomic E-state index is -1.37. The number of thiophene rings is 2. The molecule has 0 saturated heterocycles. The topological polar surface area (TPSA) is 296 Å². The molecule has 4 heterocycles. The molecule has 73 heavy (non-hydrogen) atoms. The number of methoxy groups -OCH3 is 1. The number of hydrogen-bond donors (Lipinski definition) is 9. The molecule has 0 aliphatic heterocycles. The lowest BCUT2D eigenvalue weighted by Crippen LogP contribution is -2.49. The second-order valence-corrected chi connectivity index (χ2v) is 18.8. The molecule has 0 fully saturated rings. The van der Waals surface area contributed by atoms with E-state index in [9.17, 15) is 44.1 Å². The van der Waals surface area contributed by atoms with Gasteiger partial charge in [0.25, 0.3) is 23.6 Å². The average molecular weight is 1080 g/mol. The summed E-state index contributed by atoms with van der Waals surface area (Å²) in [5.41, 5.74) is 4.06. The lowest BCUT2D eigenvalue weighted by Gasteiger charge is -2.18. The molecule has 0 aliphatic rings. The lowest BCUT2D eigenvalue weighted by atomic mass is 10.1. The van der Waals surface area contributed by atoms with Crippen molar-refractivity contribution in [1.82, 2.24) is 41.2 Å². The Morgan fingerprint density at radius 2 is 1.00 bits per heavy atom. The third-order valence-electron chi connectivity index (χ3n) is 10.6. The number of nitrogens with one attached hydrogen (secondary N) is 6. The molecule has 4 amide bonds. The maximum absolute atomic E-state index is 13.0. The number of carbonyl (C=O) groups excluding carboxylic acids is 5. The number of carboxylic acid groups (broad SMARTS) is 1. The fraction of sp³-hybridized carbons (Fsp3) is 0.306. The van der Waals surface area contributed by atoms with Crippen LogP contribution in [-0.4, -0.2) is 116 Å². The van der Waals surface area contributed by atoms with Crippen LogP contribution in [-0.2, 0) is 27.2 Å². The average Bonchev–Trinajstić information content (AvgIpc) is 3.98. The van der Waals surface area contributed by atoms with Gasteiger partial charge >= 0.3 is 11.9 Å². The van der Waals surface area contributed by atoms with Gasteiger partial charge in [-0.1, -0.05) is 47.5 Å². The maximum atomic E-state index is 13.0. The molecule has 0 spiro atoms. The molecule has 2 atom stereocenters. The first kappa shape index (κ1) is 56.5. The van der Waals surface area contributed by atoms with Crippen molar-refractivity contribution in [2.24, 2.45) is 0 Å². The maximum Gasteiger partial charge on any atom is 0.330 e. The molecule has 0 radical (unpaired) electrons. The molecule has 386 valence electrons. The fourth-order valence-electron chi connectivity index (χ4n) is 7.12. The van der Waals surface area contributed by atoms with Crippen LogP contribution in [0.3, 0.4) is 0 Å². The Labute approximate surface area is 438 Å². The minimum Gasteiger partial charge on any atom is -0.508 e. The van der Waals surface area contributed by atoms with Gasteiger partial charge in [0.05, 0.1) is 51.1 Å². The molecule has 0 unspecified atom stereocenters. The predicted octanol–water partition coefficient (Wildman–Crippen LogP) is 6.43. The van der Waals surface area contributed by atoms with Crippen LogP contribution in [0.1, 0.15) is 86.8 Å². The zero-order valence-electron chi connectivity index (χ0n) is 40.3. The summed E-state index contributed by atoms with van der Waals surface area (Å²) in [6, 6.07) is 14.8. The van der Waals surface area contributed by atoms with E-state index in [-0.39, 0.29) is 45.6 Å². The Bertz CT molecular complexity index is 2890. The van der Waals surface area contributed by atoms with Crippen molar-refractivity contribution in [3.8, 4) is 11.5 Å². The van der Waals surface area contributed by atoms with E-state index in [4.69, 9.17) is 27.9 Å². The molecule has 24 heteroatoms. The standard InChI is InChI=1S/C25H28ClN5O5S.C24H26ClN5O5S/c1-14-20(15(2)30-25(29-14)27-10-5-7-16-6-4-8-17(32)12-16)22(33)31-19(24(35)36-3)13-28-23(34)21-18(26)9-11-37-21;1-13-19(14(2)29-24(28-13)26-9-4-6-15-5-3-7-16(31)11-15)21(32)30-18(23(34)35)12-27-22(33)20-17(25)8-10-36-20/h4,6,8-9,11-12,19,32H,5,7,10,13H2,1-3H3,(H,28,34)(H,31,33)(H,27,29,30);3,5,7-8,10-11,18,31H,4,6,9,12H2,1-2H3,(H,27,33)(H,30,32)(H,34,35)(H,26,28,29)/t19-;18-/m00/s1. The van der Waals surface area contributed by atoms with Gasteiger partial charge in [0.2, 0.25) is 11.9 Å². The van der Waals surface area contributed by atoms with E-state index < -0.39 is 47.7 Å². The highest BCUT2D eigenvalue weighted by Crippen LogP contribution is 2.23. The van der Waals surface area contributed by atoms with Gasteiger partial charge in [0.1, 0.15) is 33.3 Å². The van der Waals surface area contributed by atoms with Crippen molar-refractivity contribution in [2.75, 3.05) is 43.9 Å². The van der Waals surface area contributed by atoms with E-state index in [1.165, 1.54) is 18.4 Å². The molecular formula is C49H54Cl2N10O10S2. The quantitative estimate of drug-likeness (QED) is 0.0261. The molecular weight excluding hydrogens is 1020 g/mol. The Kier molecular flexibility index (Phi) is 21.2. The summed E-state index contributed by atoms with van der Waals surface area (Å²) in [7, 11) is 1.19. The number of aryl methyl sites for hydroxylation is 6. The van der Waals surface area contributed by atoms with Gasteiger partial charge in [0, 0.05) is 26.2 Å². The number of hydrogen-bond acceptors (Lipinski definition) is 17. The molecule has 0 aliphatic carbocycles. The number of amides is 4. The third-order valence-corrected chi connectivity index (χ3v) is 13.3. The van der Waals surface area contributed by atoms with Crippen LogP contribution in [0.2, 0.25) is 10.0 Å². The summed E-state index contributed by atoms with van der Waals surface area (Å²) >= 11 is 14.2. The lowest BCUT2D eigenvalue weighted by molar-refractivity contribution is -0.142. The van der Waals surface area contributed by atoms with E-state index in [1.807, 2.05) is 12.1 Å². The minimum absolute atomic E-state index is 0.166. The van der Waals surface area contributed by atoms with Crippen molar-refractivity contribution >= 4 is 93.3 Å². The van der Waals surface area contributed by atoms with Crippen LogP contribution >= 0.6 is 45.9 Å². The number of aromatic nitrogens is 4.